The molecule has 0 bridgehead atoms. The van der Waals surface area contributed by atoms with Gasteiger partial charge in [0.1, 0.15) is 0 Å². The van der Waals surface area contributed by atoms with Gasteiger partial charge in [0, 0.05) is 37.3 Å². The third-order valence-electron chi connectivity index (χ3n) is 5.75. The maximum atomic E-state index is 12.9. The number of para-hydroxylation sites is 1. The number of amides is 2. The predicted octanol–water partition coefficient (Wildman–Crippen LogP) is 3.09. The van der Waals surface area contributed by atoms with Gasteiger partial charge in [0.2, 0.25) is 12.7 Å². The van der Waals surface area contributed by atoms with Gasteiger partial charge in [-0.15, -0.1) is 0 Å². The molecule has 1 fully saturated rings. The number of carbonyl (C=O) groups excluding carboxylic acids is 2. The lowest BCUT2D eigenvalue weighted by Crippen LogP contribution is -2.46. The summed E-state index contributed by atoms with van der Waals surface area (Å²) >= 11 is 0. The highest BCUT2D eigenvalue weighted by Crippen LogP contribution is 2.32. The Hall–Kier alpha value is -3.22. The number of nitrogens with zero attached hydrogens (tertiary/aromatic N) is 1. The number of nitrogens with one attached hydrogen (secondary N) is 2. The number of piperidine rings is 1. The predicted molar refractivity (Wildman–Crippen MR) is 118 cm³/mol. The molecule has 2 aromatic carbocycles. The van der Waals surface area contributed by atoms with Crippen molar-refractivity contribution in [3.8, 4) is 11.5 Å². The zero-order chi connectivity index (χ0) is 21.8. The van der Waals surface area contributed by atoms with Gasteiger partial charge in [0.05, 0.1) is 5.56 Å². The summed E-state index contributed by atoms with van der Waals surface area (Å²) in [5.41, 5.74) is 2.55. The van der Waals surface area contributed by atoms with Crippen molar-refractivity contribution in [1.82, 2.24) is 10.6 Å². The van der Waals surface area contributed by atoms with Gasteiger partial charge >= 0.3 is 0 Å². The van der Waals surface area contributed by atoms with Crippen LogP contribution in [-0.4, -0.2) is 37.7 Å². The summed E-state index contributed by atoms with van der Waals surface area (Å²) in [6, 6.07) is 13.6. The van der Waals surface area contributed by atoms with Crippen LogP contribution in [0.2, 0.25) is 0 Å². The van der Waals surface area contributed by atoms with E-state index in [0.29, 0.717) is 17.9 Å². The van der Waals surface area contributed by atoms with Gasteiger partial charge in [-0.3, -0.25) is 9.59 Å². The molecule has 7 nitrogen and oxygen atoms in total. The first kappa shape index (κ1) is 21.0. The van der Waals surface area contributed by atoms with Crippen LogP contribution in [-0.2, 0) is 11.3 Å². The summed E-state index contributed by atoms with van der Waals surface area (Å²) < 4.78 is 10.7. The molecule has 2 aromatic rings. The summed E-state index contributed by atoms with van der Waals surface area (Å²) in [5.74, 6) is 1.42. The van der Waals surface area contributed by atoms with Crippen molar-refractivity contribution < 1.29 is 19.1 Å². The van der Waals surface area contributed by atoms with E-state index >= 15 is 0 Å². The second-order valence-electron chi connectivity index (χ2n) is 8.31. The molecule has 31 heavy (non-hydrogen) atoms. The lowest BCUT2D eigenvalue weighted by atomic mass is 10.0. The number of hydrogen-bond acceptors (Lipinski definition) is 5. The average Bonchev–Trinajstić information content (AvgIpc) is 3.26. The molecule has 4 rings (SSSR count). The van der Waals surface area contributed by atoms with E-state index in [4.69, 9.17) is 9.47 Å². The summed E-state index contributed by atoms with van der Waals surface area (Å²) in [6.07, 6.45) is 1.73. The van der Waals surface area contributed by atoms with Gasteiger partial charge in [0.15, 0.2) is 11.5 Å². The molecule has 2 amide bonds. The third-order valence-corrected chi connectivity index (χ3v) is 5.75. The molecule has 7 heteroatoms. The van der Waals surface area contributed by atoms with Gasteiger partial charge in [-0.1, -0.05) is 32.0 Å². The Balaban J connectivity index is 1.37. The Morgan fingerprint density at radius 1 is 1.06 bits per heavy atom. The van der Waals surface area contributed by atoms with Crippen LogP contribution < -0.4 is 25.0 Å². The largest absolute Gasteiger partial charge is 0.454 e. The van der Waals surface area contributed by atoms with Crippen molar-refractivity contribution in [3.63, 3.8) is 0 Å². The monoisotopic (exact) mass is 423 g/mol. The molecule has 2 N–H and O–H groups in total. The minimum atomic E-state index is -0.108. The quantitative estimate of drug-likeness (QED) is 0.746. The van der Waals surface area contributed by atoms with Crippen molar-refractivity contribution in [2.75, 3.05) is 24.8 Å². The maximum Gasteiger partial charge on any atom is 0.253 e. The highest BCUT2D eigenvalue weighted by atomic mass is 16.7. The Morgan fingerprint density at radius 3 is 2.58 bits per heavy atom. The van der Waals surface area contributed by atoms with Crippen molar-refractivity contribution in [2.24, 2.45) is 5.92 Å². The van der Waals surface area contributed by atoms with E-state index in [-0.39, 0.29) is 30.6 Å². The fourth-order valence-electron chi connectivity index (χ4n) is 3.90. The van der Waals surface area contributed by atoms with Gasteiger partial charge in [-0.25, -0.2) is 0 Å². The van der Waals surface area contributed by atoms with E-state index in [2.05, 4.69) is 15.5 Å². The number of benzene rings is 2. The topological polar surface area (TPSA) is 79.9 Å². The van der Waals surface area contributed by atoms with E-state index in [1.54, 1.807) is 0 Å². The first-order valence-electron chi connectivity index (χ1n) is 10.8. The Labute approximate surface area is 182 Å². The fourth-order valence-corrected chi connectivity index (χ4v) is 3.90. The minimum Gasteiger partial charge on any atom is -0.454 e. The van der Waals surface area contributed by atoms with Gasteiger partial charge in [-0.2, -0.15) is 0 Å². The normalized spacial score (nSPS) is 15.8. The summed E-state index contributed by atoms with van der Waals surface area (Å²) in [5, 5.41) is 6.13. The smallest absolute Gasteiger partial charge is 0.253 e. The second kappa shape index (κ2) is 9.29. The molecule has 0 unspecified atom stereocenters. The van der Waals surface area contributed by atoms with E-state index in [1.165, 1.54) is 0 Å². The fraction of sp³-hybridized carbons (Fsp3) is 0.417. The molecule has 0 atom stereocenters. The van der Waals surface area contributed by atoms with Crippen LogP contribution in [0, 0.1) is 5.92 Å². The lowest BCUT2D eigenvalue weighted by molar-refractivity contribution is -0.124. The SMILES string of the molecule is CC(C)C(=O)NC1CCN(c2ccccc2C(=O)NCc2ccc3c(c2)OCO3)CC1. The maximum absolute atomic E-state index is 12.9. The molecule has 2 heterocycles. The van der Waals surface area contributed by atoms with E-state index in [9.17, 15) is 9.59 Å². The summed E-state index contributed by atoms with van der Waals surface area (Å²) in [7, 11) is 0. The molecule has 0 spiro atoms. The number of hydrogen-bond donors (Lipinski definition) is 2. The number of ether oxygens (including phenoxy) is 2. The summed E-state index contributed by atoms with van der Waals surface area (Å²) in [6.45, 7) is 6.06. The zero-order valence-electron chi connectivity index (χ0n) is 18.0. The molecule has 0 aromatic heterocycles. The average molecular weight is 424 g/mol. The summed E-state index contributed by atoms with van der Waals surface area (Å²) in [4.78, 5) is 27.1. The van der Waals surface area contributed by atoms with Crippen molar-refractivity contribution in [3.05, 3.63) is 53.6 Å². The third kappa shape index (κ3) is 4.93. The number of fused-ring (bicyclic) bond motifs is 1. The van der Waals surface area contributed by atoms with Crippen LogP contribution in [0.5, 0.6) is 11.5 Å². The van der Waals surface area contributed by atoms with Gasteiger partial charge < -0.3 is 25.0 Å². The van der Waals surface area contributed by atoms with Gasteiger partial charge in [-0.05, 0) is 42.7 Å². The molecule has 2 aliphatic heterocycles. The van der Waals surface area contributed by atoms with Crippen LogP contribution in [0.3, 0.4) is 0 Å². The molecule has 0 radical (unpaired) electrons. The zero-order valence-corrected chi connectivity index (χ0v) is 18.0. The molecular formula is C24H29N3O4. The van der Waals surface area contributed by atoms with Crippen LogP contribution in [0.15, 0.2) is 42.5 Å². The Kier molecular flexibility index (Phi) is 6.30. The van der Waals surface area contributed by atoms with Crippen molar-refractivity contribution in [2.45, 2.75) is 39.3 Å². The number of rotatable bonds is 6. The molecule has 2 aliphatic rings. The lowest BCUT2D eigenvalue weighted by Gasteiger charge is -2.35. The first-order valence-corrected chi connectivity index (χ1v) is 10.8. The van der Waals surface area contributed by atoms with Crippen molar-refractivity contribution in [1.29, 1.82) is 0 Å². The van der Waals surface area contributed by atoms with Crippen LogP contribution in [0.25, 0.3) is 0 Å². The molecule has 164 valence electrons. The van der Waals surface area contributed by atoms with Gasteiger partial charge in [0.25, 0.3) is 5.91 Å². The van der Waals surface area contributed by atoms with E-state index in [1.807, 2.05) is 56.3 Å². The van der Waals surface area contributed by atoms with E-state index in [0.717, 1.165) is 42.9 Å². The second-order valence-corrected chi connectivity index (χ2v) is 8.31. The Bertz CT molecular complexity index is 952. The van der Waals surface area contributed by atoms with Crippen LogP contribution in [0.1, 0.15) is 42.6 Å². The Morgan fingerprint density at radius 2 is 1.81 bits per heavy atom. The molecule has 1 saturated heterocycles. The van der Waals surface area contributed by atoms with Crippen LogP contribution >= 0.6 is 0 Å². The minimum absolute atomic E-state index is 0.00721. The highest BCUT2D eigenvalue weighted by Gasteiger charge is 2.24. The first-order chi connectivity index (χ1) is 15.0. The molecule has 0 saturated carbocycles. The molecular weight excluding hydrogens is 394 g/mol. The number of anilines is 1. The highest BCUT2D eigenvalue weighted by molar-refractivity contribution is 5.99. The van der Waals surface area contributed by atoms with Crippen LogP contribution in [0.4, 0.5) is 5.69 Å². The van der Waals surface area contributed by atoms with E-state index < -0.39 is 0 Å². The molecule has 0 aliphatic carbocycles. The van der Waals surface area contributed by atoms with Crippen molar-refractivity contribution >= 4 is 17.5 Å². The number of carbonyl (C=O) groups is 2. The standard InChI is InChI=1S/C24H29N3O4/c1-16(2)23(28)26-18-9-11-27(12-10-18)20-6-4-3-5-19(20)24(29)25-14-17-7-8-21-22(13-17)31-15-30-21/h3-8,13,16,18H,9-12,14-15H2,1-2H3,(H,25,29)(H,26,28).